The summed E-state index contributed by atoms with van der Waals surface area (Å²) in [5, 5.41) is 28.3. The van der Waals surface area contributed by atoms with E-state index < -0.39 is 50.3 Å². The highest BCUT2D eigenvalue weighted by Crippen LogP contribution is 2.47. The van der Waals surface area contributed by atoms with Crippen LogP contribution in [0.1, 0.15) is 12.0 Å². The molecule has 1 aliphatic heterocycles. The minimum atomic E-state index is -5.08. The van der Waals surface area contributed by atoms with Crippen LogP contribution >= 0.6 is 7.82 Å². The quantitative estimate of drug-likeness (QED) is 0.273. The van der Waals surface area contributed by atoms with Crippen molar-refractivity contribution in [1.29, 1.82) is 0 Å². The topological polar surface area (TPSA) is 181 Å². The Morgan fingerprint density at radius 1 is 1.57 bits per heavy atom. The van der Waals surface area contributed by atoms with Crippen molar-refractivity contribution in [3.8, 4) is 0 Å². The molecule has 0 aromatic carbocycles. The van der Waals surface area contributed by atoms with Gasteiger partial charge >= 0.3 is 13.5 Å². The Bertz CT molecular complexity index is 744. The molecular weight excluding hydrogens is 339 g/mol. The van der Waals surface area contributed by atoms with E-state index in [0.29, 0.717) is 0 Å². The van der Waals surface area contributed by atoms with Crippen LogP contribution in [0.25, 0.3) is 0 Å². The molecule has 1 aromatic rings. The lowest BCUT2D eigenvalue weighted by molar-refractivity contribution is -0.316. The summed E-state index contributed by atoms with van der Waals surface area (Å²) in [4.78, 5) is 34.1. The summed E-state index contributed by atoms with van der Waals surface area (Å²) in [6.07, 6.45) is -2.36. The summed E-state index contributed by atoms with van der Waals surface area (Å²) in [6, 6.07) is 0. The van der Waals surface area contributed by atoms with Gasteiger partial charge in [-0.3, -0.25) is 14.7 Å². The molecule has 0 amide bonds. The van der Waals surface area contributed by atoms with Crippen LogP contribution in [-0.4, -0.2) is 54.7 Å². The number of hydrogen-bond donors (Lipinski definition) is 5. The number of aliphatic hydroxyl groups excluding tert-OH is 2. The molecule has 1 aliphatic rings. The van der Waals surface area contributed by atoms with Crippen molar-refractivity contribution in [3.63, 3.8) is 0 Å². The summed E-state index contributed by atoms with van der Waals surface area (Å²) in [5.41, 5.74) is -1.85. The van der Waals surface area contributed by atoms with Crippen LogP contribution in [0.5, 0.6) is 0 Å². The minimum absolute atomic E-state index is 0.0104. The van der Waals surface area contributed by atoms with Crippen molar-refractivity contribution >= 4 is 7.82 Å². The molecule has 1 unspecified atom stereocenters. The van der Waals surface area contributed by atoms with Gasteiger partial charge in [0.25, 0.3) is 11.5 Å². The number of aryl methyl sites for hydroxylation is 1. The first kappa shape index (κ1) is 17.8. The lowest BCUT2D eigenvalue weighted by Crippen LogP contribution is -2.37. The maximum Gasteiger partial charge on any atom is 0.551 e. The van der Waals surface area contributed by atoms with Gasteiger partial charge in [-0.2, -0.15) is 0 Å². The molecule has 1 aromatic heterocycles. The van der Waals surface area contributed by atoms with E-state index in [0.717, 1.165) is 6.20 Å². The number of aromatic nitrogens is 2. The third-order valence-electron chi connectivity index (χ3n) is 2.95. The number of ether oxygens (including phenoxy) is 1. The van der Waals surface area contributed by atoms with Gasteiger partial charge < -0.3 is 24.7 Å². The smallest absolute Gasteiger partial charge is 0.394 e. The number of nitrogens with zero attached hydrogens (tertiary/aromatic N) is 1. The summed E-state index contributed by atoms with van der Waals surface area (Å²) in [6.45, 7) is 0.652. The maximum atomic E-state index is 11.9. The number of aromatic amines is 1. The molecule has 0 aliphatic carbocycles. The number of phosphoric acid groups is 1. The SMILES string of the molecule is Cc1cn(OP(=O)(O)O[C@]2(O)C[C@H](O)[C@@H](CO)O2)c(=O)[nH]c1=O. The molecule has 4 atom stereocenters. The molecule has 12 nitrogen and oxygen atoms in total. The number of hydrogen-bond acceptors (Lipinski definition) is 9. The Hall–Kier alpha value is -1.53. The number of phosphoric ester groups is 1. The second-order valence-electron chi connectivity index (χ2n) is 4.86. The Morgan fingerprint density at radius 3 is 2.78 bits per heavy atom. The normalized spacial score (nSPS) is 30.1. The summed E-state index contributed by atoms with van der Waals surface area (Å²) in [5.74, 6) is -2.70. The zero-order valence-corrected chi connectivity index (χ0v) is 12.7. The fourth-order valence-electron chi connectivity index (χ4n) is 1.89. The summed E-state index contributed by atoms with van der Waals surface area (Å²) < 4.78 is 25.7. The van der Waals surface area contributed by atoms with Crippen molar-refractivity contribution in [2.75, 3.05) is 6.61 Å². The molecule has 1 fully saturated rings. The third-order valence-corrected chi connectivity index (χ3v) is 3.85. The molecule has 2 rings (SSSR count). The lowest BCUT2D eigenvalue weighted by atomic mass is 10.2. The molecule has 0 saturated carbocycles. The Labute approximate surface area is 128 Å². The number of aliphatic hydroxyl groups is 3. The number of nitrogens with one attached hydrogen (secondary N) is 1. The zero-order chi connectivity index (χ0) is 17.4. The standard InChI is InChI=1S/C10H15N2O10P/c1-5-3-12(9(16)11-8(5)15)22-23(18,19)21-10(17)2-6(14)7(4-13)20-10/h3,6-7,13-14,17H,2,4H2,1H3,(H,18,19)(H,11,15,16)/t6-,7+,10-/m0/s1. The molecule has 23 heavy (non-hydrogen) atoms. The van der Waals surface area contributed by atoms with E-state index in [4.69, 9.17) is 9.84 Å². The molecular formula is C10H15N2O10P. The summed E-state index contributed by atoms with van der Waals surface area (Å²) >= 11 is 0. The van der Waals surface area contributed by atoms with Gasteiger partial charge in [-0.1, -0.05) is 0 Å². The van der Waals surface area contributed by atoms with Crippen molar-refractivity contribution in [3.05, 3.63) is 32.6 Å². The van der Waals surface area contributed by atoms with Crippen LogP contribution in [-0.2, 0) is 13.8 Å². The van der Waals surface area contributed by atoms with E-state index in [2.05, 4.69) is 9.15 Å². The number of H-pyrrole nitrogens is 1. The Morgan fingerprint density at radius 2 is 2.22 bits per heavy atom. The van der Waals surface area contributed by atoms with Gasteiger partial charge in [0.1, 0.15) is 6.10 Å². The van der Waals surface area contributed by atoms with Crippen molar-refractivity contribution < 1.29 is 38.7 Å². The fourth-order valence-corrected chi connectivity index (χ4v) is 2.74. The summed E-state index contributed by atoms with van der Waals surface area (Å²) in [7, 11) is -5.08. The minimum Gasteiger partial charge on any atom is -0.394 e. The van der Waals surface area contributed by atoms with Gasteiger partial charge in [-0.05, 0) is 6.92 Å². The van der Waals surface area contributed by atoms with E-state index in [9.17, 15) is 29.3 Å². The first-order valence-electron chi connectivity index (χ1n) is 6.30. The van der Waals surface area contributed by atoms with E-state index in [1.165, 1.54) is 6.92 Å². The molecule has 1 saturated heterocycles. The molecule has 13 heteroatoms. The Kier molecular flexibility index (Phi) is 4.78. The van der Waals surface area contributed by atoms with Crippen molar-refractivity contribution in [1.82, 2.24) is 9.71 Å². The van der Waals surface area contributed by atoms with Crippen molar-refractivity contribution in [2.45, 2.75) is 31.5 Å². The molecule has 0 spiro atoms. The van der Waals surface area contributed by atoms with E-state index in [1.807, 2.05) is 4.98 Å². The fraction of sp³-hybridized carbons (Fsp3) is 0.600. The van der Waals surface area contributed by atoms with E-state index in [1.54, 1.807) is 0 Å². The average molecular weight is 354 g/mol. The van der Waals surface area contributed by atoms with Crippen LogP contribution < -0.4 is 15.9 Å². The molecule has 0 radical (unpaired) electrons. The number of rotatable bonds is 5. The highest BCUT2D eigenvalue weighted by Gasteiger charge is 2.51. The first-order chi connectivity index (χ1) is 10.6. The molecule has 0 bridgehead atoms. The highest BCUT2D eigenvalue weighted by molar-refractivity contribution is 7.47. The first-order valence-corrected chi connectivity index (χ1v) is 7.80. The van der Waals surface area contributed by atoms with E-state index in [-0.39, 0.29) is 10.3 Å². The largest absolute Gasteiger partial charge is 0.551 e. The maximum absolute atomic E-state index is 11.9. The van der Waals surface area contributed by atoms with Crippen LogP contribution in [0.15, 0.2) is 15.8 Å². The molecule has 5 N–H and O–H groups in total. The average Bonchev–Trinajstić information content (AvgIpc) is 2.69. The van der Waals surface area contributed by atoms with Gasteiger partial charge in [-0.25, -0.2) is 13.9 Å². The lowest BCUT2D eigenvalue weighted by Gasteiger charge is -2.24. The van der Waals surface area contributed by atoms with Crippen LogP contribution in [0.3, 0.4) is 0 Å². The predicted molar refractivity (Wildman–Crippen MR) is 71.1 cm³/mol. The monoisotopic (exact) mass is 354 g/mol. The second kappa shape index (κ2) is 6.17. The molecule has 130 valence electrons. The van der Waals surface area contributed by atoms with Gasteiger partial charge in [0, 0.05) is 5.56 Å². The van der Waals surface area contributed by atoms with Crippen LogP contribution in [0.4, 0.5) is 0 Å². The second-order valence-corrected chi connectivity index (χ2v) is 6.14. The van der Waals surface area contributed by atoms with Gasteiger partial charge in [-0.15, -0.1) is 4.73 Å². The third kappa shape index (κ3) is 4.06. The van der Waals surface area contributed by atoms with Gasteiger partial charge in [0.2, 0.25) is 0 Å². The predicted octanol–water partition coefficient (Wildman–Crippen LogP) is -2.82. The van der Waals surface area contributed by atoms with Gasteiger partial charge in [0.15, 0.2) is 0 Å². The van der Waals surface area contributed by atoms with Crippen LogP contribution in [0.2, 0.25) is 0 Å². The molecule has 2 heterocycles. The van der Waals surface area contributed by atoms with Crippen molar-refractivity contribution in [2.24, 2.45) is 0 Å². The van der Waals surface area contributed by atoms with Crippen LogP contribution in [0, 0.1) is 6.92 Å². The highest BCUT2D eigenvalue weighted by atomic mass is 31.2. The Balaban J connectivity index is 2.17. The zero-order valence-electron chi connectivity index (χ0n) is 11.8. The van der Waals surface area contributed by atoms with Gasteiger partial charge in [0.05, 0.1) is 25.3 Å². The van der Waals surface area contributed by atoms with E-state index >= 15 is 0 Å².